The molecule has 0 aliphatic rings. The first-order valence-corrected chi connectivity index (χ1v) is 7.46. The smallest absolute Gasteiger partial charge is 0.331 e. The van der Waals surface area contributed by atoms with Crippen LogP contribution in [0.2, 0.25) is 5.15 Å². The molecule has 23 heavy (non-hydrogen) atoms. The Morgan fingerprint density at radius 2 is 2.00 bits per heavy atom. The normalized spacial score (nSPS) is 10.9. The summed E-state index contributed by atoms with van der Waals surface area (Å²) in [7, 11) is 0. The summed E-state index contributed by atoms with van der Waals surface area (Å²) in [6, 6.07) is 9.82. The molecule has 0 bridgehead atoms. The van der Waals surface area contributed by atoms with Crippen molar-refractivity contribution in [1.29, 1.82) is 0 Å². The SMILES string of the molecule is CC(=O)COC(=O)/C=C/c1c(C)nn(Cc2ccccc2)c1Cl. The number of halogens is 1. The van der Waals surface area contributed by atoms with Crippen molar-refractivity contribution in [2.75, 3.05) is 6.61 Å². The molecule has 0 N–H and O–H groups in total. The minimum absolute atomic E-state index is 0.211. The van der Waals surface area contributed by atoms with Gasteiger partial charge in [0.2, 0.25) is 0 Å². The molecular formula is C17H17ClN2O3. The van der Waals surface area contributed by atoms with Crippen molar-refractivity contribution in [3.63, 3.8) is 0 Å². The summed E-state index contributed by atoms with van der Waals surface area (Å²) in [5.41, 5.74) is 2.44. The van der Waals surface area contributed by atoms with Crippen LogP contribution in [0.1, 0.15) is 23.7 Å². The second-order valence-electron chi connectivity index (χ2n) is 5.08. The molecule has 0 aliphatic heterocycles. The van der Waals surface area contributed by atoms with E-state index in [2.05, 4.69) is 5.10 Å². The summed E-state index contributed by atoms with van der Waals surface area (Å²) in [6.07, 6.45) is 2.79. The van der Waals surface area contributed by atoms with Crippen molar-refractivity contribution in [3.8, 4) is 0 Å². The van der Waals surface area contributed by atoms with E-state index in [4.69, 9.17) is 16.3 Å². The van der Waals surface area contributed by atoms with E-state index in [1.165, 1.54) is 13.0 Å². The molecule has 0 aliphatic carbocycles. The summed E-state index contributed by atoms with van der Waals surface area (Å²) in [5, 5.41) is 4.83. The Morgan fingerprint density at radius 3 is 2.65 bits per heavy atom. The second-order valence-corrected chi connectivity index (χ2v) is 5.43. The lowest BCUT2D eigenvalue weighted by atomic mass is 10.2. The van der Waals surface area contributed by atoms with Gasteiger partial charge in [-0.1, -0.05) is 41.9 Å². The van der Waals surface area contributed by atoms with Gasteiger partial charge in [0.1, 0.15) is 11.8 Å². The second kappa shape index (κ2) is 7.74. The molecule has 2 rings (SSSR count). The van der Waals surface area contributed by atoms with Gasteiger partial charge in [-0.2, -0.15) is 5.10 Å². The number of esters is 1. The summed E-state index contributed by atoms with van der Waals surface area (Å²) < 4.78 is 6.44. The number of Topliss-reactive ketones (excluding diaryl/α,β-unsaturated/α-hetero) is 1. The lowest BCUT2D eigenvalue weighted by Crippen LogP contribution is -2.08. The fourth-order valence-electron chi connectivity index (χ4n) is 1.99. The molecule has 0 saturated carbocycles. The van der Waals surface area contributed by atoms with Gasteiger partial charge in [0.15, 0.2) is 5.78 Å². The van der Waals surface area contributed by atoms with Crippen LogP contribution in [0, 0.1) is 6.92 Å². The number of aromatic nitrogens is 2. The highest BCUT2D eigenvalue weighted by atomic mass is 35.5. The molecule has 0 radical (unpaired) electrons. The first kappa shape index (κ1) is 17.0. The van der Waals surface area contributed by atoms with Gasteiger partial charge < -0.3 is 4.74 Å². The molecule has 120 valence electrons. The number of benzene rings is 1. The van der Waals surface area contributed by atoms with E-state index >= 15 is 0 Å². The van der Waals surface area contributed by atoms with Crippen LogP contribution >= 0.6 is 11.6 Å². The van der Waals surface area contributed by atoms with Gasteiger partial charge in [0, 0.05) is 11.6 Å². The largest absolute Gasteiger partial charge is 0.455 e. The predicted octanol–water partition coefficient (Wildman–Crippen LogP) is 3.04. The standard InChI is InChI=1S/C17H17ClN2O3/c1-12(21)11-23-16(22)9-8-15-13(2)19-20(17(15)18)10-14-6-4-3-5-7-14/h3-9H,10-11H2,1-2H3/b9-8+. The maximum atomic E-state index is 11.5. The third kappa shape index (κ3) is 4.79. The van der Waals surface area contributed by atoms with Gasteiger partial charge in [-0.05, 0) is 25.5 Å². The Hall–Kier alpha value is -2.40. The lowest BCUT2D eigenvalue weighted by molar-refractivity contribution is -0.142. The number of carbonyl (C=O) groups excluding carboxylic acids is 2. The van der Waals surface area contributed by atoms with Crippen LogP contribution in [-0.4, -0.2) is 28.1 Å². The zero-order chi connectivity index (χ0) is 16.8. The van der Waals surface area contributed by atoms with Gasteiger partial charge in [-0.3, -0.25) is 4.79 Å². The Balaban J connectivity index is 2.11. The van der Waals surface area contributed by atoms with Gasteiger partial charge in [-0.15, -0.1) is 0 Å². The average Bonchev–Trinajstić information content (AvgIpc) is 2.78. The van der Waals surface area contributed by atoms with Crippen LogP contribution in [0.15, 0.2) is 36.4 Å². The topological polar surface area (TPSA) is 61.2 Å². The molecule has 1 aromatic carbocycles. The zero-order valence-electron chi connectivity index (χ0n) is 13.0. The molecular weight excluding hydrogens is 316 g/mol. The molecule has 5 nitrogen and oxygen atoms in total. The van der Waals surface area contributed by atoms with Gasteiger partial charge in [-0.25, -0.2) is 9.48 Å². The van der Waals surface area contributed by atoms with Crippen molar-refractivity contribution in [1.82, 2.24) is 9.78 Å². The third-order valence-corrected chi connectivity index (χ3v) is 3.49. The van der Waals surface area contributed by atoms with Crippen LogP contribution in [0.25, 0.3) is 6.08 Å². The van der Waals surface area contributed by atoms with Crippen molar-refractivity contribution < 1.29 is 14.3 Å². The molecule has 0 unspecified atom stereocenters. The Kier molecular flexibility index (Phi) is 5.71. The first-order chi connectivity index (χ1) is 11.0. The van der Waals surface area contributed by atoms with Gasteiger partial charge in [0.05, 0.1) is 12.2 Å². The summed E-state index contributed by atoms with van der Waals surface area (Å²) in [5.74, 6) is -0.803. The molecule has 1 heterocycles. The Morgan fingerprint density at radius 1 is 1.30 bits per heavy atom. The van der Waals surface area contributed by atoms with Crippen LogP contribution in [0.4, 0.5) is 0 Å². The maximum absolute atomic E-state index is 11.5. The highest BCUT2D eigenvalue weighted by Gasteiger charge is 2.12. The Bertz CT molecular complexity index is 736. The molecule has 0 amide bonds. The van der Waals surface area contributed by atoms with Crippen molar-refractivity contribution >= 4 is 29.4 Å². The minimum atomic E-state index is -0.591. The maximum Gasteiger partial charge on any atom is 0.331 e. The van der Waals surface area contributed by atoms with E-state index in [0.717, 1.165) is 5.56 Å². The summed E-state index contributed by atoms with van der Waals surface area (Å²) in [6.45, 7) is 3.48. The van der Waals surface area contributed by atoms with E-state index in [0.29, 0.717) is 23.0 Å². The quantitative estimate of drug-likeness (QED) is 0.602. The highest BCUT2D eigenvalue weighted by Crippen LogP contribution is 2.22. The Labute approximate surface area is 139 Å². The number of carbonyl (C=O) groups is 2. The first-order valence-electron chi connectivity index (χ1n) is 7.08. The number of aryl methyl sites for hydroxylation is 1. The van der Waals surface area contributed by atoms with Crippen molar-refractivity contribution in [2.24, 2.45) is 0 Å². The van der Waals surface area contributed by atoms with Crippen molar-refractivity contribution in [3.05, 3.63) is 58.4 Å². The van der Waals surface area contributed by atoms with E-state index in [1.54, 1.807) is 10.8 Å². The highest BCUT2D eigenvalue weighted by molar-refractivity contribution is 6.31. The monoisotopic (exact) mass is 332 g/mol. The van der Waals surface area contributed by atoms with Gasteiger partial charge >= 0.3 is 5.97 Å². The molecule has 1 aromatic heterocycles. The predicted molar refractivity (Wildman–Crippen MR) is 88.2 cm³/mol. The number of rotatable bonds is 6. The van der Waals surface area contributed by atoms with E-state index < -0.39 is 5.97 Å². The molecule has 6 heteroatoms. The van der Waals surface area contributed by atoms with Crippen LogP contribution in [0.5, 0.6) is 0 Å². The number of ketones is 1. The lowest BCUT2D eigenvalue weighted by Gasteiger charge is -2.03. The molecule has 0 fully saturated rings. The fraction of sp³-hybridized carbons (Fsp3) is 0.235. The van der Waals surface area contributed by atoms with Crippen LogP contribution < -0.4 is 0 Å². The van der Waals surface area contributed by atoms with E-state index in [9.17, 15) is 9.59 Å². The summed E-state index contributed by atoms with van der Waals surface area (Å²) in [4.78, 5) is 22.3. The average molecular weight is 333 g/mol. The van der Waals surface area contributed by atoms with Crippen LogP contribution in [0.3, 0.4) is 0 Å². The van der Waals surface area contributed by atoms with E-state index in [1.807, 2.05) is 37.3 Å². The number of nitrogens with zero attached hydrogens (tertiary/aromatic N) is 2. The number of hydrogen-bond donors (Lipinski definition) is 0. The number of hydrogen-bond acceptors (Lipinski definition) is 4. The molecule has 0 atom stereocenters. The molecule has 0 spiro atoms. The van der Waals surface area contributed by atoms with Crippen LogP contribution in [-0.2, 0) is 20.9 Å². The van der Waals surface area contributed by atoms with E-state index in [-0.39, 0.29) is 12.4 Å². The number of ether oxygens (including phenoxy) is 1. The van der Waals surface area contributed by atoms with Gasteiger partial charge in [0.25, 0.3) is 0 Å². The molecule has 2 aromatic rings. The molecule has 0 saturated heterocycles. The zero-order valence-corrected chi connectivity index (χ0v) is 13.7. The third-order valence-electron chi connectivity index (χ3n) is 3.09. The minimum Gasteiger partial charge on any atom is -0.455 e. The fourth-order valence-corrected chi connectivity index (χ4v) is 2.29. The van der Waals surface area contributed by atoms with Crippen molar-refractivity contribution in [2.45, 2.75) is 20.4 Å². The summed E-state index contributed by atoms with van der Waals surface area (Å²) >= 11 is 6.33.